The Balaban J connectivity index is 1.67. The summed E-state index contributed by atoms with van der Waals surface area (Å²) >= 11 is 0. The van der Waals surface area contributed by atoms with E-state index >= 15 is 0 Å². The van der Waals surface area contributed by atoms with Crippen molar-refractivity contribution in [2.75, 3.05) is 18.0 Å². The van der Waals surface area contributed by atoms with E-state index in [1.54, 1.807) is 16.8 Å². The van der Waals surface area contributed by atoms with Crippen LogP contribution in [0.3, 0.4) is 0 Å². The molecule has 0 saturated heterocycles. The Bertz CT molecular complexity index is 1360. The molecule has 2 aromatic carbocycles. The smallest absolute Gasteiger partial charge is 0.318 e. The van der Waals surface area contributed by atoms with Gasteiger partial charge in [0.1, 0.15) is 0 Å². The minimum atomic E-state index is -1.47. The Kier molecular flexibility index (Phi) is 5.36. The first kappa shape index (κ1) is 22.1. The third kappa shape index (κ3) is 3.35. The van der Waals surface area contributed by atoms with Crippen LogP contribution >= 0.6 is 0 Å². The van der Waals surface area contributed by atoms with Crippen molar-refractivity contribution in [1.82, 2.24) is 9.36 Å². The number of rotatable bonds is 4. The molecule has 1 N–H and O–H groups in total. The number of aliphatic hydroxyl groups is 1. The summed E-state index contributed by atoms with van der Waals surface area (Å²) in [6, 6.07) is 15.6. The van der Waals surface area contributed by atoms with E-state index in [2.05, 4.69) is 0 Å². The van der Waals surface area contributed by atoms with Gasteiger partial charge in [0.15, 0.2) is 6.54 Å². The lowest BCUT2D eigenvalue weighted by atomic mass is 10.0. The van der Waals surface area contributed by atoms with Crippen LogP contribution in [0.5, 0.6) is 0 Å². The number of para-hydroxylation sites is 1. The van der Waals surface area contributed by atoms with E-state index in [9.17, 15) is 20.0 Å². The van der Waals surface area contributed by atoms with Crippen LogP contribution in [0.1, 0.15) is 36.9 Å². The maximum absolute atomic E-state index is 13.7. The number of benzene rings is 2. The second kappa shape index (κ2) is 8.25. The highest BCUT2D eigenvalue weighted by molar-refractivity contribution is 5.96. The van der Waals surface area contributed by atoms with Gasteiger partial charge in [-0.05, 0) is 38.3 Å². The van der Waals surface area contributed by atoms with E-state index in [1.165, 1.54) is 12.1 Å². The highest BCUT2D eigenvalue weighted by Crippen LogP contribution is 2.36. The number of hydrogen-bond donors (Lipinski definition) is 1. The van der Waals surface area contributed by atoms with Crippen molar-refractivity contribution in [3.63, 3.8) is 0 Å². The van der Waals surface area contributed by atoms with Crippen LogP contribution in [-0.4, -0.2) is 42.9 Å². The second-order valence-electron chi connectivity index (χ2n) is 9.00. The molecule has 1 aromatic heterocycles. The lowest BCUT2D eigenvalue weighted by Gasteiger charge is -2.23. The highest BCUT2D eigenvalue weighted by atomic mass is 16.6. The van der Waals surface area contributed by atoms with E-state index in [1.807, 2.05) is 58.5 Å². The largest absolute Gasteiger partial charge is 0.346 e. The van der Waals surface area contributed by atoms with Gasteiger partial charge in [-0.1, -0.05) is 30.3 Å². The summed E-state index contributed by atoms with van der Waals surface area (Å²) in [6.07, 6.45) is 3.58. The molecule has 34 heavy (non-hydrogen) atoms. The van der Waals surface area contributed by atoms with E-state index in [0.29, 0.717) is 17.8 Å². The molecule has 3 heterocycles. The molecular formula is C25H28N5O4+. The second-order valence-corrected chi connectivity index (χ2v) is 9.00. The van der Waals surface area contributed by atoms with E-state index < -0.39 is 10.6 Å². The maximum Gasteiger partial charge on any atom is 0.318 e. The summed E-state index contributed by atoms with van der Waals surface area (Å²) in [7, 11) is 1.85. The van der Waals surface area contributed by atoms with Gasteiger partial charge in [-0.2, -0.15) is 0 Å². The Hall–Kier alpha value is -3.72. The van der Waals surface area contributed by atoms with Gasteiger partial charge in [-0.25, -0.2) is 14.2 Å². The van der Waals surface area contributed by atoms with Crippen LogP contribution in [0.15, 0.2) is 59.4 Å². The monoisotopic (exact) mass is 462 g/mol. The summed E-state index contributed by atoms with van der Waals surface area (Å²) in [4.78, 5) is 26.6. The first-order valence-corrected chi connectivity index (χ1v) is 11.6. The number of nitrogens with zero attached hydrogens (tertiary/aromatic N) is 5. The van der Waals surface area contributed by atoms with Crippen molar-refractivity contribution >= 4 is 17.2 Å². The van der Waals surface area contributed by atoms with E-state index in [4.69, 9.17) is 0 Å². The Morgan fingerprint density at radius 1 is 1.09 bits per heavy atom. The first-order valence-electron chi connectivity index (χ1n) is 11.6. The summed E-state index contributed by atoms with van der Waals surface area (Å²) in [6.45, 7) is 2.64. The van der Waals surface area contributed by atoms with Crippen molar-refractivity contribution in [2.45, 2.75) is 38.3 Å². The standard InChI is InChI=1S/C25H28N5O4/c1-18-23(24(31)29(26(18)2)20-11-5-3-6-12-20)27-17-25(32,28-15-8-4-7-14-22(27)28)19-10-9-13-21(16-19)30(33)34/h3,5-6,9-13,16,32H,4,7-8,14-15,17H2,1-2H3/q+1. The lowest BCUT2D eigenvalue weighted by molar-refractivity contribution is -0.658. The number of hydrogen-bond acceptors (Lipinski definition) is 5. The maximum atomic E-state index is 13.7. The van der Waals surface area contributed by atoms with Gasteiger partial charge in [0.2, 0.25) is 5.69 Å². The van der Waals surface area contributed by atoms with Gasteiger partial charge >= 0.3 is 5.56 Å². The molecule has 0 spiro atoms. The number of non-ortho nitro benzene ring substituents is 1. The molecule has 9 heteroatoms. The minimum Gasteiger partial charge on any atom is -0.346 e. The molecular weight excluding hydrogens is 434 g/mol. The normalized spacial score (nSPS) is 20.4. The molecule has 5 rings (SSSR count). The van der Waals surface area contributed by atoms with Gasteiger partial charge in [0, 0.05) is 31.2 Å². The van der Waals surface area contributed by atoms with Crippen molar-refractivity contribution in [1.29, 1.82) is 0 Å². The zero-order chi connectivity index (χ0) is 24.0. The molecule has 0 radical (unpaired) electrons. The quantitative estimate of drug-likeness (QED) is 0.365. The average Bonchev–Trinajstić information content (AvgIpc) is 3.10. The Morgan fingerprint density at radius 2 is 1.85 bits per heavy atom. The molecule has 0 fully saturated rings. The lowest BCUT2D eigenvalue weighted by Crippen LogP contribution is -2.41. The zero-order valence-corrected chi connectivity index (χ0v) is 19.3. The van der Waals surface area contributed by atoms with E-state index in [-0.39, 0.29) is 17.8 Å². The van der Waals surface area contributed by atoms with Crippen LogP contribution in [0.25, 0.3) is 5.69 Å². The molecule has 2 aliphatic heterocycles. The third-order valence-corrected chi connectivity index (χ3v) is 7.04. The highest BCUT2D eigenvalue weighted by Gasteiger charge is 2.53. The SMILES string of the molecule is Cc1c(N2CC(O)(c3cccc([N+](=O)[O-])c3)[N+]3=C2CCCCC3)c(=O)n(-c2ccccc2)n1C. The molecule has 1 atom stereocenters. The van der Waals surface area contributed by atoms with Crippen LogP contribution in [0.2, 0.25) is 0 Å². The van der Waals surface area contributed by atoms with Crippen molar-refractivity contribution in [3.05, 3.63) is 86.3 Å². The zero-order valence-electron chi connectivity index (χ0n) is 19.3. The topological polar surface area (TPSA) is 96.6 Å². The third-order valence-electron chi connectivity index (χ3n) is 7.04. The molecule has 0 amide bonds. The first-order chi connectivity index (χ1) is 16.3. The van der Waals surface area contributed by atoms with Crippen molar-refractivity contribution in [2.24, 2.45) is 7.05 Å². The number of β-amino-alcohol motifs (C(OH)–C–C–N with tert-alkyl or cyclic N) is 1. The molecule has 0 aliphatic carbocycles. The molecule has 0 saturated carbocycles. The minimum absolute atomic E-state index is 0.0666. The number of aromatic nitrogens is 2. The predicted octanol–water partition coefficient (Wildman–Crippen LogP) is 3.04. The van der Waals surface area contributed by atoms with Crippen LogP contribution in [0, 0.1) is 17.0 Å². The Labute approximate surface area is 196 Å². The fraction of sp³-hybridized carbons (Fsp3) is 0.360. The summed E-state index contributed by atoms with van der Waals surface area (Å²) in [5, 5.41) is 23.4. The van der Waals surface area contributed by atoms with Crippen molar-refractivity contribution < 1.29 is 14.6 Å². The van der Waals surface area contributed by atoms with Crippen LogP contribution in [0.4, 0.5) is 11.4 Å². The van der Waals surface area contributed by atoms with E-state index in [0.717, 1.165) is 42.9 Å². The molecule has 1 unspecified atom stereocenters. The van der Waals surface area contributed by atoms with Crippen LogP contribution < -0.4 is 10.5 Å². The van der Waals surface area contributed by atoms with Gasteiger partial charge < -0.3 is 5.11 Å². The van der Waals surface area contributed by atoms with Gasteiger partial charge in [-0.3, -0.25) is 19.6 Å². The molecule has 0 bridgehead atoms. The number of nitro benzene ring substituents is 1. The van der Waals surface area contributed by atoms with Crippen LogP contribution in [-0.2, 0) is 12.8 Å². The summed E-state index contributed by atoms with van der Waals surface area (Å²) in [5.41, 5.74) is 0.830. The number of amidine groups is 1. The Morgan fingerprint density at radius 3 is 2.59 bits per heavy atom. The number of anilines is 1. The number of nitro groups is 1. The van der Waals surface area contributed by atoms with Gasteiger partial charge in [-0.15, -0.1) is 0 Å². The molecule has 2 aliphatic rings. The molecule has 9 nitrogen and oxygen atoms in total. The van der Waals surface area contributed by atoms with Gasteiger partial charge in [0.25, 0.3) is 17.2 Å². The molecule has 3 aromatic rings. The average molecular weight is 463 g/mol. The summed E-state index contributed by atoms with van der Waals surface area (Å²) < 4.78 is 5.41. The fourth-order valence-electron chi connectivity index (χ4n) is 5.26. The van der Waals surface area contributed by atoms with Crippen molar-refractivity contribution in [3.8, 4) is 5.69 Å². The fourth-order valence-corrected chi connectivity index (χ4v) is 5.26. The molecule has 176 valence electrons. The predicted molar refractivity (Wildman–Crippen MR) is 129 cm³/mol. The van der Waals surface area contributed by atoms with Gasteiger partial charge in [0.05, 0.1) is 22.8 Å². The summed E-state index contributed by atoms with van der Waals surface area (Å²) in [5.74, 6) is 0.887.